The lowest BCUT2D eigenvalue weighted by Gasteiger charge is -2.24. The topological polar surface area (TPSA) is 84.5 Å². The highest BCUT2D eigenvalue weighted by Crippen LogP contribution is 2.35. The standard InChI is InChI=1S/C18H26N2O4S/c1-4-15(16-6-5-7-19-16)20-18(21)14-10-13(25(3,22)23)9-12-8-11(2)24-17(12)14/h9-11,15-16,19H,4-8H2,1-3H3,(H,20,21). The van der Waals surface area contributed by atoms with Crippen molar-refractivity contribution in [3.63, 3.8) is 0 Å². The molecule has 2 aliphatic rings. The second-order valence-corrected chi connectivity index (χ2v) is 9.07. The smallest absolute Gasteiger partial charge is 0.255 e. The Morgan fingerprint density at radius 3 is 2.80 bits per heavy atom. The SMILES string of the molecule is CCC(NC(=O)c1cc(S(C)(=O)=O)cc2c1OC(C)C2)C1CCCN1. The molecule has 1 fully saturated rings. The average Bonchev–Trinajstić information content (AvgIpc) is 3.18. The Hall–Kier alpha value is -1.60. The van der Waals surface area contributed by atoms with Crippen LogP contribution >= 0.6 is 0 Å². The number of sulfone groups is 1. The number of hydrogen-bond acceptors (Lipinski definition) is 5. The number of hydrogen-bond donors (Lipinski definition) is 2. The summed E-state index contributed by atoms with van der Waals surface area (Å²) in [6, 6.07) is 3.35. The summed E-state index contributed by atoms with van der Waals surface area (Å²) in [5.41, 5.74) is 1.10. The van der Waals surface area contributed by atoms with E-state index in [1.165, 1.54) is 6.07 Å². The van der Waals surface area contributed by atoms with Gasteiger partial charge in [-0.25, -0.2) is 8.42 Å². The molecular formula is C18H26N2O4S. The van der Waals surface area contributed by atoms with Gasteiger partial charge >= 0.3 is 0 Å². The second-order valence-electron chi connectivity index (χ2n) is 7.05. The molecule has 0 aromatic heterocycles. The maximum absolute atomic E-state index is 12.9. The van der Waals surface area contributed by atoms with Gasteiger partial charge in [0.2, 0.25) is 0 Å². The van der Waals surface area contributed by atoms with Crippen LogP contribution in [-0.4, -0.2) is 45.3 Å². The number of carbonyl (C=O) groups excluding carboxylic acids is 1. The Morgan fingerprint density at radius 2 is 2.20 bits per heavy atom. The molecule has 7 heteroatoms. The number of rotatable bonds is 5. The lowest BCUT2D eigenvalue weighted by molar-refractivity contribution is 0.0922. The van der Waals surface area contributed by atoms with Crippen LogP contribution in [0.5, 0.6) is 5.75 Å². The van der Waals surface area contributed by atoms with Gasteiger partial charge < -0.3 is 15.4 Å². The van der Waals surface area contributed by atoms with Gasteiger partial charge in [0.05, 0.1) is 10.5 Å². The van der Waals surface area contributed by atoms with Gasteiger partial charge in [0, 0.05) is 24.8 Å². The maximum Gasteiger partial charge on any atom is 0.255 e. The molecule has 138 valence electrons. The highest BCUT2D eigenvalue weighted by molar-refractivity contribution is 7.90. The fourth-order valence-electron chi connectivity index (χ4n) is 3.67. The van der Waals surface area contributed by atoms with Crippen molar-refractivity contribution in [2.24, 2.45) is 0 Å². The van der Waals surface area contributed by atoms with Crippen LogP contribution in [0.3, 0.4) is 0 Å². The summed E-state index contributed by atoms with van der Waals surface area (Å²) in [7, 11) is -3.40. The molecule has 6 nitrogen and oxygen atoms in total. The van der Waals surface area contributed by atoms with Gasteiger partial charge in [0.1, 0.15) is 11.9 Å². The number of nitrogens with one attached hydrogen (secondary N) is 2. The summed E-state index contributed by atoms with van der Waals surface area (Å²) in [6.45, 7) is 4.93. The van der Waals surface area contributed by atoms with Crippen LogP contribution in [0.4, 0.5) is 0 Å². The number of fused-ring (bicyclic) bond motifs is 1. The molecule has 2 aliphatic heterocycles. The van der Waals surface area contributed by atoms with Gasteiger partial charge in [-0.1, -0.05) is 6.92 Å². The van der Waals surface area contributed by atoms with Gasteiger partial charge in [0.15, 0.2) is 9.84 Å². The third kappa shape index (κ3) is 3.82. The van der Waals surface area contributed by atoms with Crippen molar-refractivity contribution in [1.29, 1.82) is 0 Å². The third-order valence-electron chi connectivity index (χ3n) is 4.98. The number of amides is 1. The van der Waals surface area contributed by atoms with E-state index in [1.54, 1.807) is 6.07 Å². The quantitative estimate of drug-likeness (QED) is 0.828. The van der Waals surface area contributed by atoms with E-state index in [0.717, 1.165) is 37.6 Å². The molecule has 0 spiro atoms. The van der Waals surface area contributed by atoms with E-state index < -0.39 is 9.84 Å². The zero-order valence-corrected chi connectivity index (χ0v) is 15.8. The van der Waals surface area contributed by atoms with Crippen LogP contribution in [-0.2, 0) is 16.3 Å². The summed E-state index contributed by atoms with van der Waals surface area (Å²) in [6.07, 6.45) is 4.67. The van der Waals surface area contributed by atoms with Crippen LogP contribution in [0, 0.1) is 0 Å². The fourth-order valence-corrected chi connectivity index (χ4v) is 4.36. The van der Waals surface area contributed by atoms with Crippen molar-refractivity contribution in [3.05, 3.63) is 23.3 Å². The van der Waals surface area contributed by atoms with E-state index in [4.69, 9.17) is 4.74 Å². The normalized spacial score (nSPS) is 23.8. The number of carbonyl (C=O) groups is 1. The maximum atomic E-state index is 12.9. The van der Waals surface area contributed by atoms with Gasteiger partial charge in [-0.2, -0.15) is 0 Å². The van der Waals surface area contributed by atoms with Gasteiger partial charge in [0.25, 0.3) is 5.91 Å². The monoisotopic (exact) mass is 366 g/mol. The van der Waals surface area contributed by atoms with E-state index in [9.17, 15) is 13.2 Å². The van der Waals surface area contributed by atoms with E-state index >= 15 is 0 Å². The molecule has 1 aromatic carbocycles. The molecular weight excluding hydrogens is 340 g/mol. The lowest BCUT2D eigenvalue weighted by atomic mass is 10.0. The Bertz CT molecular complexity index is 770. The molecule has 3 atom stereocenters. The van der Waals surface area contributed by atoms with Crippen LogP contribution < -0.4 is 15.4 Å². The second kappa shape index (κ2) is 6.96. The highest BCUT2D eigenvalue weighted by atomic mass is 32.2. The lowest BCUT2D eigenvalue weighted by Crippen LogP contribution is -2.47. The predicted octanol–water partition coefficient (Wildman–Crippen LogP) is 1.67. The highest BCUT2D eigenvalue weighted by Gasteiger charge is 2.30. The molecule has 1 aromatic rings. The van der Waals surface area contributed by atoms with Crippen molar-refractivity contribution >= 4 is 15.7 Å². The first kappa shape index (κ1) is 18.2. The van der Waals surface area contributed by atoms with Crippen LogP contribution in [0.15, 0.2) is 17.0 Å². The molecule has 1 amide bonds. The molecule has 0 bridgehead atoms. The molecule has 3 unspecified atom stereocenters. The zero-order chi connectivity index (χ0) is 18.2. The van der Waals surface area contributed by atoms with E-state index in [2.05, 4.69) is 10.6 Å². The molecule has 3 rings (SSSR count). The van der Waals surface area contributed by atoms with E-state index in [0.29, 0.717) is 17.7 Å². The Labute approximate surface area is 149 Å². The minimum Gasteiger partial charge on any atom is -0.489 e. The van der Waals surface area contributed by atoms with E-state index in [1.807, 2.05) is 13.8 Å². The summed E-state index contributed by atoms with van der Waals surface area (Å²) in [5, 5.41) is 6.49. The minimum absolute atomic E-state index is 0.0198. The van der Waals surface area contributed by atoms with Crippen molar-refractivity contribution in [2.45, 2.75) is 62.6 Å². The van der Waals surface area contributed by atoms with Crippen molar-refractivity contribution in [2.75, 3.05) is 12.8 Å². The molecule has 2 N–H and O–H groups in total. The first-order valence-electron chi connectivity index (χ1n) is 8.87. The summed E-state index contributed by atoms with van der Waals surface area (Å²) >= 11 is 0. The fraction of sp³-hybridized carbons (Fsp3) is 0.611. The third-order valence-corrected chi connectivity index (χ3v) is 6.07. The molecule has 0 saturated carbocycles. The van der Waals surface area contributed by atoms with Crippen molar-refractivity contribution < 1.29 is 17.9 Å². The minimum atomic E-state index is -3.40. The summed E-state index contributed by atoms with van der Waals surface area (Å²) in [5.74, 6) is 0.253. The first-order chi connectivity index (χ1) is 11.8. The largest absolute Gasteiger partial charge is 0.489 e. The van der Waals surface area contributed by atoms with E-state index in [-0.39, 0.29) is 29.0 Å². The van der Waals surface area contributed by atoms with Crippen molar-refractivity contribution in [1.82, 2.24) is 10.6 Å². The molecule has 2 heterocycles. The average molecular weight is 366 g/mol. The Kier molecular flexibility index (Phi) is 5.06. The van der Waals surface area contributed by atoms with Gasteiger partial charge in [-0.15, -0.1) is 0 Å². The summed E-state index contributed by atoms with van der Waals surface area (Å²) in [4.78, 5) is 13.1. The Morgan fingerprint density at radius 1 is 1.44 bits per heavy atom. The Balaban J connectivity index is 1.92. The van der Waals surface area contributed by atoms with Crippen LogP contribution in [0.25, 0.3) is 0 Å². The van der Waals surface area contributed by atoms with Crippen LogP contribution in [0.1, 0.15) is 49.0 Å². The number of benzene rings is 1. The van der Waals surface area contributed by atoms with Crippen molar-refractivity contribution in [3.8, 4) is 5.75 Å². The molecule has 0 radical (unpaired) electrons. The number of ether oxygens (including phenoxy) is 1. The van der Waals surface area contributed by atoms with Gasteiger partial charge in [-0.3, -0.25) is 4.79 Å². The molecule has 0 aliphatic carbocycles. The summed E-state index contributed by atoms with van der Waals surface area (Å²) < 4.78 is 29.8. The first-order valence-corrected chi connectivity index (χ1v) is 10.8. The molecule has 1 saturated heterocycles. The van der Waals surface area contributed by atoms with Gasteiger partial charge in [-0.05, 0) is 50.4 Å². The van der Waals surface area contributed by atoms with Crippen LogP contribution in [0.2, 0.25) is 0 Å². The zero-order valence-electron chi connectivity index (χ0n) is 15.0. The molecule has 25 heavy (non-hydrogen) atoms. The predicted molar refractivity (Wildman–Crippen MR) is 95.9 cm³/mol.